The number of fused-ring (bicyclic) bond motifs is 1. The fourth-order valence-corrected chi connectivity index (χ4v) is 1.23. The van der Waals surface area contributed by atoms with Crippen LogP contribution in [0.25, 0.3) is 11.0 Å². The summed E-state index contributed by atoms with van der Waals surface area (Å²) < 4.78 is 1.69. The van der Waals surface area contributed by atoms with Crippen LogP contribution in [0.2, 0.25) is 0 Å². The zero-order chi connectivity index (χ0) is 9.26. The van der Waals surface area contributed by atoms with Gasteiger partial charge >= 0.3 is 0 Å². The van der Waals surface area contributed by atoms with Crippen molar-refractivity contribution in [1.82, 2.24) is 19.7 Å². The van der Waals surface area contributed by atoms with Crippen molar-refractivity contribution in [3.05, 3.63) is 18.2 Å². The minimum atomic E-state index is 0.0741. The third kappa shape index (κ3) is 1.38. The molecule has 0 atom stereocenters. The molecule has 0 aromatic carbocycles. The molecule has 5 heteroatoms. The molecule has 0 radical (unpaired) electrons. The van der Waals surface area contributed by atoms with Crippen LogP contribution in [0, 0.1) is 6.92 Å². The van der Waals surface area contributed by atoms with Crippen LogP contribution < -0.4 is 0 Å². The normalized spacial score (nSPS) is 10.9. The molecule has 0 saturated heterocycles. The summed E-state index contributed by atoms with van der Waals surface area (Å²) >= 11 is 0. The maximum Gasteiger partial charge on any atom is 0.126 e. The molecule has 0 spiro atoms. The summed E-state index contributed by atoms with van der Waals surface area (Å²) in [6, 6.07) is 0. The molecule has 0 saturated carbocycles. The number of aliphatic hydroxyl groups is 1. The Bertz CT molecular complexity index is 423. The third-order valence-electron chi connectivity index (χ3n) is 1.83. The van der Waals surface area contributed by atoms with E-state index in [1.807, 2.05) is 6.92 Å². The van der Waals surface area contributed by atoms with Gasteiger partial charge in [-0.15, -0.1) is 0 Å². The predicted molar refractivity (Wildman–Crippen MR) is 47.1 cm³/mol. The van der Waals surface area contributed by atoms with Gasteiger partial charge in [-0.05, 0) is 6.92 Å². The minimum absolute atomic E-state index is 0.0741. The van der Waals surface area contributed by atoms with Gasteiger partial charge in [-0.2, -0.15) is 5.10 Å². The highest BCUT2D eigenvalue weighted by molar-refractivity contribution is 5.72. The molecule has 2 aromatic heterocycles. The number of aryl methyl sites for hydroxylation is 1. The van der Waals surface area contributed by atoms with Gasteiger partial charge in [-0.1, -0.05) is 0 Å². The maximum absolute atomic E-state index is 8.75. The zero-order valence-electron chi connectivity index (χ0n) is 7.30. The topological polar surface area (TPSA) is 63.8 Å². The molecule has 0 aliphatic rings. The lowest BCUT2D eigenvalue weighted by Crippen LogP contribution is -2.03. The van der Waals surface area contributed by atoms with Crippen molar-refractivity contribution >= 4 is 11.0 Å². The molecule has 0 aliphatic carbocycles. The average Bonchev–Trinajstić information content (AvgIpc) is 2.49. The van der Waals surface area contributed by atoms with E-state index in [1.54, 1.807) is 17.1 Å². The molecule has 0 aliphatic heterocycles. The van der Waals surface area contributed by atoms with Crippen LogP contribution in [-0.2, 0) is 6.54 Å². The fourth-order valence-electron chi connectivity index (χ4n) is 1.23. The van der Waals surface area contributed by atoms with Gasteiger partial charge in [0.15, 0.2) is 0 Å². The van der Waals surface area contributed by atoms with Crippen LogP contribution in [0.5, 0.6) is 0 Å². The van der Waals surface area contributed by atoms with Crippen LogP contribution in [0.3, 0.4) is 0 Å². The number of aromatic nitrogens is 4. The quantitative estimate of drug-likeness (QED) is 0.709. The molecule has 13 heavy (non-hydrogen) atoms. The number of hydrogen-bond acceptors (Lipinski definition) is 4. The Labute approximate surface area is 75.0 Å². The Morgan fingerprint density at radius 1 is 1.46 bits per heavy atom. The number of rotatable bonds is 2. The SMILES string of the molecule is Cc1ncc2c(cnn2CCO)n1. The van der Waals surface area contributed by atoms with E-state index in [1.165, 1.54) is 0 Å². The van der Waals surface area contributed by atoms with Gasteiger partial charge in [0.1, 0.15) is 16.9 Å². The molecule has 0 fully saturated rings. The second-order valence-electron chi connectivity index (χ2n) is 2.78. The molecule has 0 amide bonds. The van der Waals surface area contributed by atoms with Gasteiger partial charge in [0, 0.05) is 0 Å². The first kappa shape index (κ1) is 8.12. The van der Waals surface area contributed by atoms with Crippen molar-refractivity contribution in [1.29, 1.82) is 0 Å². The maximum atomic E-state index is 8.75. The van der Waals surface area contributed by atoms with Gasteiger partial charge in [0.2, 0.25) is 0 Å². The molecular formula is C8H10N4O. The Hall–Kier alpha value is -1.49. The van der Waals surface area contributed by atoms with Gasteiger partial charge in [0.25, 0.3) is 0 Å². The van der Waals surface area contributed by atoms with Crippen molar-refractivity contribution in [2.45, 2.75) is 13.5 Å². The summed E-state index contributed by atoms with van der Waals surface area (Å²) in [6.07, 6.45) is 3.40. The van der Waals surface area contributed by atoms with E-state index in [-0.39, 0.29) is 6.61 Å². The van der Waals surface area contributed by atoms with E-state index in [9.17, 15) is 0 Å². The number of nitrogens with zero attached hydrogens (tertiary/aromatic N) is 4. The van der Waals surface area contributed by atoms with Crippen molar-refractivity contribution in [3.8, 4) is 0 Å². The van der Waals surface area contributed by atoms with Crippen LogP contribution in [0.15, 0.2) is 12.4 Å². The van der Waals surface area contributed by atoms with E-state index in [4.69, 9.17) is 5.11 Å². The largest absolute Gasteiger partial charge is 0.394 e. The first-order chi connectivity index (χ1) is 6.31. The molecule has 0 bridgehead atoms. The monoisotopic (exact) mass is 178 g/mol. The summed E-state index contributed by atoms with van der Waals surface area (Å²) in [5.74, 6) is 0.732. The van der Waals surface area contributed by atoms with Crippen molar-refractivity contribution < 1.29 is 5.11 Å². The highest BCUT2D eigenvalue weighted by Crippen LogP contribution is 2.08. The third-order valence-corrected chi connectivity index (χ3v) is 1.83. The minimum Gasteiger partial charge on any atom is -0.394 e. The van der Waals surface area contributed by atoms with E-state index in [2.05, 4.69) is 15.1 Å². The number of hydrogen-bond donors (Lipinski definition) is 1. The van der Waals surface area contributed by atoms with E-state index >= 15 is 0 Å². The lowest BCUT2D eigenvalue weighted by Gasteiger charge is -1.98. The Morgan fingerprint density at radius 3 is 3.08 bits per heavy atom. The standard InChI is InChI=1S/C8H10N4O/c1-6-9-5-8-7(11-6)4-10-12(8)2-3-13/h4-5,13H,2-3H2,1H3. The predicted octanol–water partition coefficient (Wildman–Crippen LogP) is 0.127. The van der Waals surface area contributed by atoms with Crippen molar-refractivity contribution in [2.24, 2.45) is 0 Å². The summed E-state index contributed by atoms with van der Waals surface area (Å²) in [6.45, 7) is 2.39. The lowest BCUT2D eigenvalue weighted by atomic mass is 10.4. The average molecular weight is 178 g/mol. The van der Waals surface area contributed by atoms with Crippen LogP contribution in [-0.4, -0.2) is 31.5 Å². The van der Waals surface area contributed by atoms with Crippen molar-refractivity contribution in [2.75, 3.05) is 6.61 Å². The summed E-state index contributed by atoms with van der Waals surface area (Å²) in [4.78, 5) is 8.27. The molecule has 2 aromatic rings. The zero-order valence-corrected chi connectivity index (χ0v) is 7.30. The summed E-state index contributed by atoms with van der Waals surface area (Å²) in [5.41, 5.74) is 1.68. The van der Waals surface area contributed by atoms with E-state index in [0.717, 1.165) is 16.9 Å². The number of aliphatic hydroxyl groups excluding tert-OH is 1. The first-order valence-electron chi connectivity index (χ1n) is 4.07. The Morgan fingerprint density at radius 2 is 2.31 bits per heavy atom. The smallest absolute Gasteiger partial charge is 0.126 e. The van der Waals surface area contributed by atoms with Gasteiger partial charge in [-0.25, -0.2) is 9.97 Å². The molecule has 2 rings (SSSR count). The van der Waals surface area contributed by atoms with Crippen LogP contribution in [0.4, 0.5) is 0 Å². The first-order valence-corrected chi connectivity index (χ1v) is 4.07. The lowest BCUT2D eigenvalue weighted by molar-refractivity contribution is 0.271. The molecular weight excluding hydrogens is 168 g/mol. The summed E-state index contributed by atoms with van der Waals surface area (Å²) in [5, 5.41) is 12.8. The molecule has 5 nitrogen and oxygen atoms in total. The van der Waals surface area contributed by atoms with E-state index in [0.29, 0.717) is 6.54 Å². The van der Waals surface area contributed by atoms with Gasteiger partial charge in [0.05, 0.1) is 25.5 Å². The summed E-state index contributed by atoms with van der Waals surface area (Å²) in [7, 11) is 0. The highest BCUT2D eigenvalue weighted by Gasteiger charge is 2.03. The highest BCUT2D eigenvalue weighted by atomic mass is 16.3. The van der Waals surface area contributed by atoms with Gasteiger partial charge in [-0.3, -0.25) is 4.68 Å². The second kappa shape index (κ2) is 3.10. The molecule has 68 valence electrons. The molecule has 2 heterocycles. The Balaban J connectivity index is 2.55. The van der Waals surface area contributed by atoms with Gasteiger partial charge < -0.3 is 5.11 Å². The van der Waals surface area contributed by atoms with Crippen LogP contribution in [0.1, 0.15) is 5.82 Å². The Kier molecular flexibility index (Phi) is 1.94. The van der Waals surface area contributed by atoms with Crippen molar-refractivity contribution in [3.63, 3.8) is 0 Å². The molecule has 1 N–H and O–H groups in total. The van der Waals surface area contributed by atoms with E-state index < -0.39 is 0 Å². The molecule has 0 unspecified atom stereocenters. The fraction of sp³-hybridized carbons (Fsp3) is 0.375. The van der Waals surface area contributed by atoms with Crippen LogP contribution >= 0.6 is 0 Å². The second-order valence-corrected chi connectivity index (χ2v) is 2.78.